The van der Waals surface area contributed by atoms with Gasteiger partial charge in [0.1, 0.15) is 0 Å². The van der Waals surface area contributed by atoms with E-state index in [4.69, 9.17) is 11.0 Å². The minimum atomic E-state index is -0.165. The maximum absolute atomic E-state index is 8.76. The van der Waals surface area contributed by atoms with Crippen molar-refractivity contribution in [3.05, 3.63) is 0 Å². The fourth-order valence-electron chi connectivity index (χ4n) is 0.755. The molecule has 0 fully saturated rings. The monoisotopic (exact) mass is 200 g/mol. The van der Waals surface area contributed by atoms with E-state index in [1.54, 1.807) is 0 Å². The Bertz CT molecular complexity index is 170. The van der Waals surface area contributed by atoms with Crippen LogP contribution in [0.4, 0.5) is 0 Å². The summed E-state index contributed by atoms with van der Waals surface area (Å²) in [6.07, 6.45) is 2.03. The first-order chi connectivity index (χ1) is 5.98. The first-order valence-corrected chi connectivity index (χ1v) is 5.88. The topological polar surface area (TPSA) is 49.8 Å². The molecule has 0 bridgehead atoms. The van der Waals surface area contributed by atoms with Crippen LogP contribution in [0, 0.1) is 16.7 Å². The fourth-order valence-corrected chi connectivity index (χ4v) is 2.15. The van der Waals surface area contributed by atoms with Crippen LogP contribution < -0.4 is 5.73 Å². The quantitative estimate of drug-likeness (QED) is 0.670. The average molecular weight is 200 g/mol. The maximum atomic E-state index is 8.76. The second-order valence-electron chi connectivity index (χ2n) is 4.12. The molecule has 1 atom stereocenters. The van der Waals surface area contributed by atoms with Crippen LogP contribution >= 0.6 is 11.8 Å². The predicted molar refractivity (Wildman–Crippen MR) is 59.6 cm³/mol. The van der Waals surface area contributed by atoms with Gasteiger partial charge >= 0.3 is 0 Å². The Balaban J connectivity index is 3.32. The first kappa shape index (κ1) is 12.8. The molecule has 0 aromatic heterocycles. The zero-order valence-electron chi connectivity index (χ0n) is 8.84. The maximum Gasteiger partial charge on any atom is 0.0684 e. The lowest BCUT2D eigenvalue weighted by atomic mass is 9.93. The highest BCUT2D eigenvalue weighted by Crippen LogP contribution is 2.21. The van der Waals surface area contributed by atoms with Gasteiger partial charge in [-0.3, -0.25) is 0 Å². The van der Waals surface area contributed by atoms with E-state index in [1.807, 2.05) is 32.5 Å². The largest absolute Gasteiger partial charge is 0.328 e. The molecule has 76 valence electrons. The van der Waals surface area contributed by atoms with Gasteiger partial charge in [-0.2, -0.15) is 17.0 Å². The molecule has 0 heterocycles. The van der Waals surface area contributed by atoms with Gasteiger partial charge in [-0.25, -0.2) is 0 Å². The van der Waals surface area contributed by atoms with Crippen LogP contribution in [0.2, 0.25) is 0 Å². The van der Waals surface area contributed by atoms with Gasteiger partial charge in [0.05, 0.1) is 11.5 Å². The second-order valence-corrected chi connectivity index (χ2v) is 5.35. The highest BCUT2D eigenvalue weighted by Gasteiger charge is 2.15. The zero-order valence-corrected chi connectivity index (χ0v) is 9.66. The van der Waals surface area contributed by atoms with E-state index in [-0.39, 0.29) is 5.41 Å². The van der Waals surface area contributed by atoms with E-state index in [2.05, 4.69) is 6.07 Å². The minimum Gasteiger partial charge on any atom is -0.328 e. The van der Waals surface area contributed by atoms with Crippen LogP contribution in [0.15, 0.2) is 0 Å². The molecule has 2 nitrogen and oxygen atoms in total. The smallest absolute Gasteiger partial charge is 0.0684 e. The molecule has 0 spiro atoms. The number of nitrogens with two attached hydrogens (primary N) is 1. The van der Waals surface area contributed by atoms with Crippen LogP contribution in [0.25, 0.3) is 0 Å². The molecule has 0 aromatic carbocycles. The van der Waals surface area contributed by atoms with Gasteiger partial charge in [0.25, 0.3) is 0 Å². The van der Waals surface area contributed by atoms with Gasteiger partial charge in [-0.05, 0) is 45.1 Å². The van der Waals surface area contributed by atoms with E-state index in [9.17, 15) is 0 Å². The summed E-state index contributed by atoms with van der Waals surface area (Å²) in [7, 11) is 0. The van der Waals surface area contributed by atoms with Crippen molar-refractivity contribution in [2.45, 2.75) is 39.7 Å². The standard InChI is InChI=1S/C10H20N2S/c1-9(12)4-6-13-7-5-10(2,3)8-11/h9H,4-7,12H2,1-3H3. The van der Waals surface area contributed by atoms with Crippen molar-refractivity contribution >= 4 is 11.8 Å². The molecule has 0 aromatic rings. The second kappa shape index (κ2) is 6.28. The molecule has 0 rings (SSSR count). The molecule has 0 amide bonds. The number of thioether (sulfide) groups is 1. The summed E-state index contributed by atoms with van der Waals surface area (Å²) < 4.78 is 0. The molecule has 3 heteroatoms. The summed E-state index contributed by atoms with van der Waals surface area (Å²) in [4.78, 5) is 0. The normalized spacial score (nSPS) is 13.8. The van der Waals surface area contributed by atoms with Gasteiger partial charge in [0.15, 0.2) is 0 Å². The third kappa shape index (κ3) is 8.14. The van der Waals surface area contributed by atoms with E-state index >= 15 is 0 Å². The van der Waals surface area contributed by atoms with E-state index < -0.39 is 0 Å². The summed E-state index contributed by atoms with van der Waals surface area (Å²) >= 11 is 1.89. The molecular weight excluding hydrogens is 180 g/mol. The van der Waals surface area contributed by atoms with E-state index in [0.717, 1.165) is 24.3 Å². The van der Waals surface area contributed by atoms with Gasteiger partial charge in [-0.15, -0.1) is 0 Å². The van der Waals surface area contributed by atoms with Crippen molar-refractivity contribution in [3.63, 3.8) is 0 Å². The Morgan fingerprint density at radius 3 is 2.54 bits per heavy atom. The lowest BCUT2D eigenvalue weighted by Crippen LogP contribution is -2.15. The molecule has 0 aliphatic carbocycles. The fraction of sp³-hybridized carbons (Fsp3) is 0.900. The number of hydrogen-bond acceptors (Lipinski definition) is 3. The van der Waals surface area contributed by atoms with Crippen LogP contribution in [-0.4, -0.2) is 17.5 Å². The van der Waals surface area contributed by atoms with Crippen molar-refractivity contribution in [2.75, 3.05) is 11.5 Å². The van der Waals surface area contributed by atoms with Crippen LogP contribution in [0.3, 0.4) is 0 Å². The molecule has 2 N–H and O–H groups in total. The van der Waals surface area contributed by atoms with Crippen molar-refractivity contribution in [1.29, 1.82) is 5.26 Å². The van der Waals surface area contributed by atoms with E-state index in [1.165, 1.54) is 0 Å². The third-order valence-electron chi connectivity index (χ3n) is 1.89. The van der Waals surface area contributed by atoms with Gasteiger partial charge in [0.2, 0.25) is 0 Å². The van der Waals surface area contributed by atoms with Crippen LogP contribution in [0.5, 0.6) is 0 Å². The van der Waals surface area contributed by atoms with Crippen molar-refractivity contribution < 1.29 is 0 Å². The molecule has 1 unspecified atom stereocenters. The lowest BCUT2D eigenvalue weighted by molar-refractivity contribution is 0.482. The Morgan fingerprint density at radius 2 is 2.08 bits per heavy atom. The number of hydrogen-bond donors (Lipinski definition) is 1. The van der Waals surface area contributed by atoms with Crippen LogP contribution in [-0.2, 0) is 0 Å². The first-order valence-electron chi connectivity index (χ1n) is 4.72. The Kier molecular flexibility index (Phi) is 6.19. The number of nitrogens with zero attached hydrogens (tertiary/aromatic N) is 1. The predicted octanol–water partition coefficient (Wildman–Crippen LogP) is 2.40. The molecular formula is C10H20N2S. The molecule has 13 heavy (non-hydrogen) atoms. The SMILES string of the molecule is CC(N)CCSCCC(C)(C)C#N. The summed E-state index contributed by atoms with van der Waals surface area (Å²) in [5.74, 6) is 2.17. The number of rotatable bonds is 6. The van der Waals surface area contributed by atoms with Gasteiger partial charge in [0, 0.05) is 6.04 Å². The zero-order chi connectivity index (χ0) is 10.3. The highest BCUT2D eigenvalue weighted by atomic mass is 32.2. The Hall–Kier alpha value is -0.200. The summed E-state index contributed by atoms with van der Waals surface area (Å²) in [6, 6.07) is 2.61. The number of nitriles is 1. The van der Waals surface area contributed by atoms with Crippen molar-refractivity contribution in [2.24, 2.45) is 11.1 Å². The highest BCUT2D eigenvalue weighted by molar-refractivity contribution is 7.99. The van der Waals surface area contributed by atoms with Crippen molar-refractivity contribution in [3.8, 4) is 6.07 Å². The Morgan fingerprint density at radius 1 is 1.46 bits per heavy atom. The lowest BCUT2D eigenvalue weighted by Gasteiger charge is -2.14. The molecule has 0 radical (unpaired) electrons. The van der Waals surface area contributed by atoms with E-state index in [0.29, 0.717) is 6.04 Å². The van der Waals surface area contributed by atoms with Crippen molar-refractivity contribution in [1.82, 2.24) is 0 Å². The molecule has 0 saturated heterocycles. The molecule has 0 aliphatic heterocycles. The minimum absolute atomic E-state index is 0.165. The molecule has 0 saturated carbocycles. The van der Waals surface area contributed by atoms with Crippen LogP contribution in [0.1, 0.15) is 33.6 Å². The average Bonchev–Trinajstić information content (AvgIpc) is 2.03. The van der Waals surface area contributed by atoms with Gasteiger partial charge in [-0.1, -0.05) is 0 Å². The molecule has 0 aliphatic rings. The van der Waals surface area contributed by atoms with Gasteiger partial charge < -0.3 is 5.73 Å². The Labute approximate surface area is 85.9 Å². The third-order valence-corrected chi connectivity index (χ3v) is 2.91. The summed E-state index contributed by atoms with van der Waals surface area (Å²) in [5, 5.41) is 8.76. The summed E-state index contributed by atoms with van der Waals surface area (Å²) in [5.41, 5.74) is 5.46. The summed E-state index contributed by atoms with van der Waals surface area (Å²) in [6.45, 7) is 6.00.